The fraction of sp³-hybridized carbons (Fsp3) is 0.250. The van der Waals surface area contributed by atoms with Gasteiger partial charge in [0.05, 0.1) is 5.69 Å². The van der Waals surface area contributed by atoms with Crippen molar-refractivity contribution >= 4 is 17.5 Å². The Labute approximate surface area is 205 Å². The van der Waals surface area contributed by atoms with Crippen LogP contribution in [0.3, 0.4) is 0 Å². The van der Waals surface area contributed by atoms with Crippen LogP contribution in [0.1, 0.15) is 30.4 Å². The number of amides is 1. The first-order valence-corrected chi connectivity index (χ1v) is 11.4. The quantitative estimate of drug-likeness (QED) is 0.399. The van der Waals surface area contributed by atoms with E-state index in [1.807, 2.05) is 24.3 Å². The van der Waals surface area contributed by atoms with Crippen molar-refractivity contribution in [2.24, 2.45) is 7.05 Å². The zero-order chi connectivity index (χ0) is 24.9. The molecule has 4 aromatic rings. The second-order valence-corrected chi connectivity index (χ2v) is 8.28. The highest BCUT2D eigenvalue weighted by molar-refractivity contribution is 6.30. The summed E-state index contributed by atoms with van der Waals surface area (Å²) in [5, 5.41) is 11.3. The molecule has 2 aromatic carbocycles. The molecule has 180 valence electrons. The van der Waals surface area contributed by atoms with E-state index in [9.17, 15) is 14.4 Å². The van der Waals surface area contributed by atoms with Gasteiger partial charge in [0.15, 0.2) is 5.69 Å². The molecule has 0 aliphatic rings. The van der Waals surface area contributed by atoms with E-state index < -0.39 is 11.2 Å². The van der Waals surface area contributed by atoms with Gasteiger partial charge in [0.2, 0.25) is 17.6 Å². The normalized spacial score (nSPS) is 10.9. The summed E-state index contributed by atoms with van der Waals surface area (Å²) in [7, 11) is 1.34. The minimum Gasteiger partial charge on any atom is -0.352 e. The van der Waals surface area contributed by atoms with Crippen molar-refractivity contribution in [3.8, 4) is 17.2 Å². The Hall–Kier alpha value is -4.05. The number of aromatic nitrogens is 5. The zero-order valence-electron chi connectivity index (χ0n) is 19.2. The summed E-state index contributed by atoms with van der Waals surface area (Å²) < 4.78 is 7.18. The maximum Gasteiger partial charge on any atom is 0.351 e. The van der Waals surface area contributed by atoms with Gasteiger partial charge in [-0.1, -0.05) is 47.9 Å². The van der Waals surface area contributed by atoms with Gasteiger partial charge in [0, 0.05) is 31.5 Å². The van der Waals surface area contributed by atoms with E-state index in [0.29, 0.717) is 17.3 Å². The first-order valence-electron chi connectivity index (χ1n) is 11.0. The Kier molecular flexibility index (Phi) is 7.21. The summed E-state index contributed by atoms with van der Waals surface area (Å²) >= 11 is 5.92. The first-order chi connectivity index (χ1) is 16.9. The fourth-order valence-electron chi connectivity index (χ4n) is 3.32. The third kappa shape index (κ3) is 5.55. The number of halogens is 1. The highest BCUT2D eigenvalue weighted by atomic mass is 35.5. The molecule has 0 saturated carbocycles. The molecule has 0 fully saturated rings. The number of nitrogens with zero attached hydrogens (tertiary/aromatic N) is 5. The molecule has 11 heteroatoms. The van der Waals surface area contributed by atoms with Crippen LogP contribution in [0.4, 0.5) is 0 Å². The Bertz CT molecular complexity index is 1460. The highest BCUT2D eigenvalue weighted by Crippen LogP contribution is 2.13. The summed E-state index contributed by atoms with van der Waals surface area (Å²) in [4.78, 5) is 41.6. The molecule has 10 nitrogen and oxygen atoms in total. The Morgan fingerprint density at radius 3 is 2.43 bits per heavy atom. The lowest BCUT2D eigenvalue weighted by molar-refractivity contribution is -0.121. The predicted molar refractivity (Wildman–Crippen MR) is 129 cm³/mol. The molecule has 4 rings (SSSR count). The van der Waals surface area contributed by atoms with Crippen molar-refractivity contribution in [1.29, 1.82) is 0 Å². The van der Waals surface area contributed by atoms with Crippen molar-refractivity contribution in [2.45, 2.75) is 32.7 Å². The first kappa shape index (κ1) is 24.1. The van der Waals surface area contributed by atoms with E-state index in [2.05, 4.69) is 27.5 Å². The summed E-state index contributed by atoms with van der Waals surface area (Å²) in [6, 6.07) is 14.5. The standard InChI is InChI=1S/C24H23ClN6O4/c1-3-15-4-6-16(7-5-15)14-26-19(32)12-13-20-27-22(29-35-20)21-23(33)30(2)24(34)31(28-21)18-10-8-17(25)9-11-18/h4-11H,3,12-14H2,1-2H3,(H,26,32). The largest absolute Gasteiger partial charge is 0.352 e. The molecule has 0 bridgehead atoms. The molecular formula is C24H23ClN6O4. The van der Waals surface area contributed by atoms with Crippen molar-refractivity contribution in [2.75, 3.05) is 0 Å². The Morgan fingerprint density at radius 1 is 1.06 bits per heavy atom. The summed E-state index contributed by atoms with van der Waals surface area (Å²) in [6.45, 7) is 2.51. The number of benzene rings is 2. The van der Waals surface area contributed by atoms with Crippen LogP contribution in [-0.2, 0) is 31.2 Å². The van der Waals surface area contributed by atoms with Gasteiger partial charge in [0.1, 0.15) is 0 Å². The van der Waals surface area contributed by atoms with Gasteiger partial charge in [-0.15, -0.1) is 0 Å². The van der Waals surface area contributed by atoms with Crippen LogP contribution >= 0.6 is 11.6 Å². The number of aryl methyl sites for hydroxylation is 2. The molecule has 1 N–H and O–H groups in total. The molecule has 0 spiro atoms. The molecule has 2 aromatic heterocycles. The SMILES string of the molecule is CCc1ccc(CNC(=O)CCc2nc(-c3nn(-c4ccc(Cl)cc4)c(=O)n(C)c3=O)no2)cc1. The maximum absolute atomic E-state index is 12.6. The summed E-state index contributed by atoms with van der Waals surface area (Å²) in [5.41, 5.74) is 1.21. The number of carbonyl (C=O) groups is 1. The second-order valence-electron chi connectivity index (χ2n) is 7.84. The lowest BCUT2D eigenvalue weighted by atomic mass is 10.1. The highest BCUT2D eigenvalue weighted by Gasteiger charge is 2.19. The van der Waals surface area contributed by atoms with Crippen molar-refractivity contribution in [1.82, 2.24) is 29.8 Å². The third-order valence-electron chi connectivity index (χ3n) is 5.41. The average molecular weight is 495 g/mol. The molecular weight excluding hydrogens is 472 g/mol. The van der Waals surface area contributed by atoms with E-state index in [1.165, 1.54) is 12.6 Å². The molecule has 0 aliphatic heterocycles. The minimum absolute atomic E-state index is 0.0697. The van der Waals surface area contributed by atoms with Gasteiger partial charge in [-0.2, -0.15) is 14.8 Å². The van der Waals surface area contributed by atoms with E-state index in [4.69, 9.17) is 16.1 Å². The van der Waals surface area contributed by atoms with Crippen molar-refractivity contribution < 1.29 is 9.32 Å². The van der Waals surface area contributed by atoms with Crippen LogP contribution in [-0.4, -0.2) is 30.4 Å². The van der Waals surface area contributed by atoms with Crippen LogP contribution < -0.4 is 16.6 Å². The third-order valence-corrected chi connectivity index (χ3v) is 5.67. The van der Waals surface area contributed by atoms with E-state index in [0.717, 1.165) is 21.2 Å². The van der Waals surface area contributed by atoms with Crippen LogP contribution in [0.2, 0.25) is 5.02 Å². The van der Waals surface area contributed by atoms with Gasteiger partial charge in [-0.25, -0.2) is 4.79 Å². The van der Waals surface area contributed by atoms with Gasteiger partial charge in [0.25, 0.3) is 5.56 Å². The van der Waals surface area contributed by atoms with Crippen LogP contribution in [0, 0.1) is 0 Å². The molecule has 0 radical (unpaired) electrons. The number of nitrogens with one attached hydrogen (secondary N) is 1. The van der Waals surface area contributed by atoms with Crippen molar-refractivity contribution in [3.63, 3.8) is 0 Å². The lowest BCUT2D eigenvalue weighted by Crippen LogP contribution is -2.40. The Morgan fingerprint density at radius 2 is 1.74 bits per heavy atom. The van der Waals surface area contributed by atoms with Crippen molar-refractivity contribution in [3.05, 3.63) is 91.4 Å². The molecule has 2 heterocycles. The lowest BCUT2D eigenvalue weighted by Gasteiger charge is -2.07. The molecule has 0 aliphatic carbocycles. The fourth-order valence-corrected chi connectivity index (χ4v) is 3.45. The Balaban J connectivity index is 1.45. The summed E-state index contributed by atoms with van der Waals surface area (Å²) in [5.74, 6) is -0.0649. The average Bonchev–Trinajstić information content (AvgIpc) is 3.35. The van der Waals surface area contributed by atoms with E-state index in [-0.39, 0.29) is 36.2 Å². The molecule has 0 unspecified atom stereocenters. The molecule has 1 amide bonds. The maximum atomic E-state index is 12.6. The van der Waals surface area contributed by atoms with Crippen LogP contribution in [0.15, 0.2) is 62.6 Å². The van der Waals surface area contributed by atoms with Gasteiger partial charge in [-0.05, 0) is 41.8 Å². The summed E-state index contributed by atoms with van der Waals surface area (Å²) in [6.07, 6.45) is 1.28. The molecule has 0 saturated heterocycles. The molecule has 0 atom stereocenters. The topological polar surface area (TPSA) is 125 Å². The minimum atomic E-state index is -0.667. The second kappa shape index (κ2) is 10.5. The monoisotopic (exact) mass is 494 g/mol. The number of hydrogen-bond acceptors (Lipinski definition) is 7. The number of carbonyl (C=O) groups excluding carboxylic acids is 1. The van der Waals surface area contributed by atoms with Gasteiger partial charge in [-0.3, -0.25) is 14.2 Å². The van der Waals surface area contributed by atoms with Gasteiger partial charge >= 0.3 is 5.69 Å². The van der Waals surface area contributed by atoms with Crippen LogP contribution in [0.25, 0.3) is 17.2 Å². The van der Waals surface area contributed by atoms with E-state index >= 15 is 0 Å². The zero-order valence-corrected chi connectivity index (χ0v) is 20.0. The number of rotatable bonds is 8. The molecule has 35 heavy (non-hydrogen) atoms. The number of hydrogen-bond donors (Lipinski definition) is 1. The van der Waals surface area contributed by atoms with Crippen LogP contribution in [0.5, 0.6) is 0 Å². The predicted octanol–water partition coefficient (Wildman–Crippen LogP) is 2.45. The smallest absolute Gasteiger partial charge is 0.351 e. The van der Waals surface area contributed by atoms with E-state index in [1.54, 1.807) is 24.3 Å². The van der Waals surface area contributed by atoms with Gasteiger partial charge < -0.3 is 9.84 Å².